The van der Waals surface area contributed by atoms with Gasteiger partial charge in [0.05, 0.1) is 13.2 Å². The summed E-state index contributed by atoms with van der Waals surface area (Å²) >= 11 is 3.08. The highest BCUT2D eigenvalue weighted by Gasteiger charge is 2.27. The Morgan fingerprint density at radius 3 is 1.96 bits per heavy atom. The summed E-state index contributed by atoms with van der Waals surface area (Å²) < 4.78 is 20.0. The van der Waals surface area contributed by atoms with Crippen molar-refractivity contribution in [2.45, 2.75) is 40.5 Å². The molecule has 1 aliphatic heterocycles. The molecule has 0 radical (unpaired) electrons. The maximum atomic E-state index is 11.8. The van der Waals surface area contributed by atoms with Crippen LogP contribution in [0.3, 0.4) is 0 Å². The first-order chi connectivity index (χ1) is 13.4. The summed E-state index contributed by atoms with van der Waals surface area (Å²) in [6, 6.07) is 0. The van der Waals surface area contributed by atoms with Gasteiger partial charge in [0, 0.05) is 13.1 Å². The number of hydrogen-bond acceptors (Lipinski definition) is 9. The monoisotopic (exact) mass is 457 g/mol. The minimum Gasteiger partial charge on any atom is -0.462 e. The summed E-state index contributed by atoms with van der Waals surface area (Å²) in [4.78, 5) is 25.0. The molecule has 9 nitrogen and oxygen atoms in total. The molecular formula is C18H24BrN3O6. The molecule has 0 N–H and O–H groups in total. The number of anilines is 1. The lowest BCUT2D eigenvalue weighted by Gasteiger charge is -2.14. The number of halogens is 1. The largest absolute Gasteiger partial charge is 0.462 e. The van der Waals surface area contributed by atoms with Gasteiger partial charge in [-0.05, 0) is 56.5 Å². The van der Waals surface area contributed by atoms with Crippen molar-refractivity contribution < 1.29 is 28.1 Å². The molecule has 0 spiro atoms. The lowest BCUT2D eigenvalue weighted by atomic mass is 10.2. The summed E-state index contributed by atoms with van der Waals surface area (Å²) in [6.07, 6.45) is 2.27. The van der Waals surface area contributed by atoms with Gasteiger partial charge >= 0.3 is 11.9 Å². The molecule has 3 heterocycles. The smallest absolute Gasteiger partial charge is 0.345 e. The standard InChI is InChI=1S/C11H16N2O3.C7H8BrNO3/c1-3-15-11(14)9-8(2)16-12-10(9)13-6-4-5-7-13;1-3-11-7(10)5-4(2)12-9-6(5)8/h3-7H2,1-2H3;3H2,1-2H3. The third-order valence-electron chi connectivity index (χ3n) is 4.03. The van der Waals surface area contributed by atoms with Gasteiger partial charge in [-0.3, -0.25) is 0 Å². The molecule has 1 fully saturated rings. The molecule has 1 aliphatic rings. The lowest BCUT2D eigenvalue weighted by molar-refractivity contribution is 0.0514. The molecule has 0 amide bonds. The van der Waals surface area contributed by atoms with Crippen LogP contribution in [0.4, 0.5) is 5.82 Å². The summed E-state index contributed by atoms with van der Waals surface area (Å²) in [7, 11) is 0. The van der Waals surface area contributed by atoms with Crippen LogP contribution in [0.5, 0.6) is 0 Å². The van der Waals surface area contributed by atoms with Crippen LogP contribution in [0.2, 0.25) is 0 Å². The molecule has 0 aromatic carbocycles. The Bertz CT molecular complexity index is 791. The third-order valence-corrected chi connectivity index (χ3v) is 4.57. The van der Waals surface area contributed by atoms with Gasteiger partial charge in [-0.25, -0.2) is 9.59 Å². The maximum absolute atomic E-state index is 11.8. The van der Waals surface area contributed by atoms with E-state index in [2.05, 4.69) is 31.1 Å². The third kappa shape index (κ3) is 5.12. The van der Waals surface area contributed by atoms with E-state index < -0.39 is 5.97 Å². The number of ether oxygens (including phenoxy) is 2. The molecule has 10 heteroatoms. The quantitative estimate of drug-likeness (QED) is 0.620. The summed E-state index contributed by atoms with van der Waals surface area (Å²) in [6.45, 7) is 9.49. The van der Waals surface area contributed by atoms with Crippen LogP contribution in [-0.4, -0.2) is 48.6 Å². The second kappa shape index (κ2) is 10.3. The van der Waals surface area contributed by atoms with Gasteiger partial charge in [0.25, 0.3) is 0 Å². The van der Waals surface area contributed by atoms with E-state index in [1.54, 1.807) is 27.7 Å². The van der Waals surface area contributed by atoms with Crippen molar-refractivity contribution in [2.24, 2.45) is 0 Å². The molecule has 1 saturated heterocycles. The second-order valence-corrected chi connectivity index (χ2v) is 6.73. The zero-order chi connectivity index (χ0) is 20.7. The molecule has 154 valence electrons. The van der Waals surface area contributed by atoms with E-state index >= 15 is 0 Å². The molecule has 2 aromatic heterocycles. The van der Waals surface area contributed by atoms with Gasteiger partial charge in [0.15, 0.2) is 16.2 Å². The Morgan fingerprint density at radius 1 is 0.964 bits per heavy atom. The van der Waals surface area contributed by atoms with Crippen LogP contribution in [0.25, 0.3) is 0 Å². The molecule has 0 bridgehead atoms. The van der Waals surface area contributed by atoms with Gasteiger partial charge in [-0.15, -0.1) is 0 Å². The Kier molecular flexibility index (Phi) is 8.04. The Balaban J connectivity index is 0.000000209. The molecule has 0 aliphatic carbocycles. The predicted octanol–water partition coefficient (Wildman–Crippen LogP) is 3.68. The van der Waals surface area contributed by atoms with E-state index in [0.717, 1.165) is 25.9 Å². The summed E-state index contributed by atoms with van der Waals surface area (Å²) in [5, 5.41) is 7.51. The first kappa shape index (κ1) is 21.9. The topological polar surface area (TPSA) is 108 Å². The minimum absolute atomic E-state index is 0.343. The molecule has 0 saturated carbocycles. The van der Waals surface area contributed by atoms with Crippen molar-refractivity contribution >= 4 is 33.7 Å². The van der Waals surface area contributed by atoms with Crippen molar-refractivity contribution in [3.63, 3.8) is 0 Å². The number of aryl methyl sites for hydroxylation is 2. The number of carbonyl (C=O) groups excluding carboxylic acids is 2. The van der Waals surface area contributed by atoms with Gasteiger partial charge in [0.1, 0.15) is 16.9 Å². The Morgan fingerprint density at radius 2 is 1.46 bits per heavy atom. The van der Waals surface area contributed by atoms with Crippen molar-refractivity contribution in [1.29, 1.82) is 0 Å². The van der Waals surface area contributed by atoms with Crippen LogP contribution >= 0.6 is 15.9 Å². The number of esters is 2. The van der Waals surface area contributed by atoms with Gasteiger partial charge in [0.2, 0.25) is 0 Å². The first-order valence-electron chi connectivity index (χ1n) is 9.07. The zero-order valence-corrected chi connectivity index (χ0v) is 18.0. The van der Waals surface area contributed by atoms with Crippen LogP contribution in [0.15, 0.2) is 13.6 Å². The van der Waals surface area contributed by atoms with Gasteiger partial charge < -0.3 is 23.4 Å². The summed E-state index contributed by atoms with van der Waals surface area (Å²) in [5.74, 6) is 0.861. The molecule has 0 atom stereocenters. The van der Waals surface area contributed by atoms with E-state index in [0.29, 0.717) is 46.3 Å². The molecule has 2 aromatic rings. The number of hydrogen-bond donors (Lipinski definition) is 0. The van der Waals surface area contributed by atoms with E-state index in [-0.39, 0.29) is 5.97 Å². The molecule has 28 heavy (non-hydrogen) atoms. The molecule has 3 rings (SSSR count). The van der Waals surface area contributed by atoms with Crippen LogP contribution in [0, 0.1) is 13.8 Å². The number of aromatic nitrogens is 2. The highest BCUT2D eigenvalue weighted by molar-refractivity contribution is 9.10. The number of nitrogens with zero attached hydrogens (tertiary/aromatic N) is 3. The maximum Gasteiger partial charge on any atom is 0.345 e. The highest BCUT2D eigenvalue weighted by Crippen LogP contribution is 2.26. The van der Waals surface area contributed by atoms with Crippen LogP contribution in [0.1, 0.15) is 58.9 Å². The minimum atomic E-state index is -0.414. The van der Waals surface area contributed by atoms with Gasteiger partial charge in [-0.2, -0.15) is 0 Å². The lowest BCUT2D eigenvalue weighted by Crippen LogP contribution is -2.21. The van der Waals surface area contributed by atoms with Crippen molar-refractivity contribution in [1.82, 2.24) is 10.3 Å². The fourth-order valence-electron chi connectivity index (χ4n) is 2.72. The van der Waals surface area contributed by atoms with Gasteiger partial charge in [-0.1, -0.05) is 10.3 Å². The number of carbonyl (C=O) groups is 2. The predicted molar refractivity (Wildman–Crippen MR) is 104 cm³/mol. The average molecular weight is 458 g/mol. The SMILES string of the molecule is CCOC(=O)c1c(Br)noc1C.CCOC(=O)c1c(N2CCCC2)noc1C. The van der Waals surface area contributed by atoms with E-state index in [9.17, 15) is 9.59 Å². The molecular weight excluding hydrogens is 434 g/mol. The van der Waals surface area contributed by atoms with Crippen LogP contribution in [-0.2, 0) is 9.47 Å². The normalized spacial score (nSPS) is 13.1. The van der Waals surface area contributed by atoms with E-state index in [1.807, 2.05) is 0 Å². The van der Waals surface area contributed by atoms with E-state index in [4.69, 9.17) is 18.5 Å². The molecule has 0 unspecified atom stereocenters. The Hall–Kier alpha value is -2.36. The van der Waals surface area contributed by atoms with Crippen LogP contribution < -0.4 is 4.90 Å². The average Bonchev–Trinajstić information content (AvgIpc) is 3.36. The van der Waals surface area contributed by atoms with E-state index in [1.165, 1.54) is 0 Å². The van der Waals surface area contributed by atoms with Crippen molar-refractivity contribution in [3.05, 3.63) is 27.3 Å². The number of rotatable bonds is 5. The second-order valence-electron chi connectivity index (χ2n) is 5.98. The first-order valence-corrected chi connectivity index (χ1v) is 9.87. The zero-order valence-electron chi connectivity index (χ0n) is 16.4. The highest BCUT2D eigenvalue weighted by atomic mass is 79.9. The van der Waals surface area contributed by atoms with Crippen molar-refractivity contribution in [2.75, 3.05) is 31.2 Å². The fourth-order valence-corrected chi connectivity index (χ4v) is 3.23. The fraction of sp³-hybridized carbons (Fsp3) is 0.556. The Labute approximate surface area is 171 Å². The summed E-state index contributed by atoms with van der Waals surface area (Å²) in [5.41, 5.74) is 0.834. The van der Waals surface area contributed by atoms with Crippen molar-refractivity contribution in [3.8, 4) is 0 Å².